The van der Waals surface area contributed by atoms with Gasteiger partial charge < -0.3 is 0 Å². The summed E-state index contributed by atoms with van der Waals surface area (Å²) in [6.07, 6.45) is 5.66. The van der Waals surface area contributed by atoms with Gasteiger partial charge >= 0.3 is 0 Å². The maximum absolute atomic E-state index is 12.1. The van der Waals surface area contributed by atoms with Crippen molar-refractivity contribution in [3.05, 3.63) is 28.2 Å². The number of aryl methyl sites for hydroxylation is 1. The summed E-state index contributed by atoms with van der Waals surface area (Å²) in [6.45, 7) is 1.95. The molecule has 0 spiro atoms. The van der Waals surface area contributed by atoms with Gasteiger partial charge in [0.05, 0.1) is 5.75 Å². The monoisotopic (exact) mass is 345 g/mol. The average Bonchev–Trinajstić information content (AvgIpc) is 2.34. The summed E-state index contributed by atoms with van der Waals surface area (Å²) in [5, 5.41) is 0. The van der Waals surface area contributed by atoms with Crippen molar-refractivity contribution in [2.45, 2.75) is 39.0 Å². The summed E-state index contributed by atoms with van der Waals surface area (Å²) in [5.41, 5.74) is 1.68. The molecule has 1 aromatic rings. The number of hydrogen-bond donors (Lipinski definition) is 1. The molecule has 1 aliphatic carbocycles. The van der Waals surface area contributed by atoms with E-state index in [2.05, 4.69) is 20.7 Å². The van der Waals surface area contributed by atoms with Gasteiger partial charge in [-0.15, -0.1) is 0 Å². The van der Waals surface area contributed by atoms with Crippen LogP contribution in [0, 0.1) is 12.8 Å². The largest absolute Gasteiger partial charge is 0.284 e. The molecule has 1 fully saturated rings. The Balaban J connectivity index is 2.01. The van der Waals surface area contributed by atoms with Crippen molar-refractivity contribution in [1.29, 1.82) is 0 Å². The number of anilines is 1. The number of rotatable bonds is 4. The molecule has 1 aliphatic rings. The second-order valence-electron chi connectivity index (χ2n) is 5.35. The summed E-state index contributed by atoms with van der Waals surface area (Å²) < 4.78 is 28.0. The maximum atomic E-state index is 12.1. The molecule has 19 heavy (non-hydrogen) atoms. The zero-order valence-corrected chi connectivity index (χ0v) is 13.6. The Kier molecular flexibility index (Phi) is 4.90. The molecule has 106 valence electrons. The smallest absolute Gasteiger partial charge is 0.232 e. The molecular formula is C14H20BrNO2S. The topological polar surface area (TPSA) is 46.2 Å². The second kappa shape index (κ2) is 6.27. The molecule has 0 atom stereocenters. The van der Waals surface area contributed by atoms with E-state index in [1.165, 1.54) is 6.42 Å². The molecule has 5 heteroatoms. The Labute approximate surface area is 124 Å². The van der Waals surface area contributed by atoms with E-state index in [1.54, 1.807) is 6.07 Å². The first-order valence-corrected chi connectivity index (χ1v) is 9.17. The summed E-state index contributed by atoms with van der Waals surface area (Å²) >= 11 is 3.41. The Hall–Kier alpha value is -0.550. The summed E-state index contributed by atoms with van der Waals surface area (Å²) in [4.78, 5) is 0. The van der Waals surface area contributed by atoms with Crippen molar-refractivity contribution >= 4 is 31.6 Å². The molecule has 0 unspecified atom stereocenters. The number of nitrogens with one attached hydrogen (secondary N) is 1. The Morgan fingerprint density at radius 2 is 1.95 bits per heavy atom. The molecule has 2 rings (SSSR count). The third kappa shape index (κ3) is 4.49. The maximum Gasteiger partial charge on any atom is 0.232 e. The van der Waals surface area contributed by atoms with Gasteiger partial charge in [-0.2, -0.15) is 0 Å². The van der Waals surface area contributed by atoms with Gasteiger partial charge in [-0.05, 0) is 49.4 Å². The third-order valence-corrected chi connectivity index (χ3v) is 5.96. The zero-order valence-electron chi connectivity index (χ0n) is 11.2. The van der Waals surface area contributed by atoms with Crippen molar-refractivity contribution < 1.29 is 8.42 Å². The third-order valence-electron chi connectivity index (χ3n) is 3.61. The van der Waals surface area contributed by atoms with Crippen LogP contribution in [0.15, 0.2) is 22.7 Å². The van der Waals surface area contributed by atoms with Gasteiger partial charge in [-0.1, -0.05) is 35.2 Å². The molecule has 0 aromatic heterocycles. The molecule has 0 heterocycles. The van der Waals surface area contributed by atoms with E-state index >= 15 is 0 Å². The average molecular weight is 346 g/mol. The van der Waals surface area contributed by atoms with Crippen LogP contribution in [0.4, 0.5) is 5.69 Å². The lowest BCUT2D eigenvalue weighted by atomic mass is 9.91. The lowest BCUT2D eigenvalue weighted by Crippen LogP contribution is -2.24. The molecule has 0 amide bonds. The lowest BCUT2D eigenvalue weighted by Gasteiger charge is -2.21. The van der Waals surface area contributed by atoms with E-state index in [0.29, 0.717) is 11.6 Å². The minimum atomic E-state index is -3.23. The van der Waals surface area contributed by atoms with Crippen LogP contribution >= 0.6 is 15.9 Å². The first-order valence-electron chi connectivity index (χ1n) is 6.73. The molecule has 0 bridgehead atoms. The SMILES string of the molecule is Cc1cc(NS(=O)(=O)CC2CCCCC2)ccc1Br. The standard InChI is InChI=1S/C14H20BrNO2S/c1-11-9-13(7-8-14(11)15)16-19(17,18)10-12-5-3-2-4-6-12/h7-9,12,16H,2-6,10H2,1H3. The Morgan fingerprint density at radius 3 is 2.58 bits per heavy atom. The van der Waals surface area contributed by atoms with Gasteiger partial charge in [0.1, 0.15) is 0 Å². The number of benzene rings is 1. The minimum Gasteiger partial charge on any atom is -0.284 e. The fraction of sp³-hybridized carbons (Fsp3) is 0.571. The first-order chi connectivity index (χ1) is 8.96. The first kappa shape index (κ1) is 14.9. The molecule has 0 radical (unpaired) electrons. The van der Waals surface area contributed by atoms with Gasteiger partial charge in [-0.3, -0.25) is 4.72 Å². The van der Waals surface area contributed by atoms with Crippen molar-refractivity contribution in [1.82, 2.24) is 0 Å². The van der Waals surface area contributed by atoms with Gasteiger partial charge in [0.2, 0.25) is 10.0 Å². The minimum absolute atomic E-state index is 0.252. The zero-order chi connectivity index (χ0) is 13.9. The van der Waals surface area contributed by atoms with Crippen LogP contribution < -0.4 is 4.72 Å². The van der Waals surface area contributed by atoms with Crippen molar-refractivity contribution in [2.75, 3.05) is 10.5 Å². The van der Waals surface area contributed by atoms with Crippen LogP contribution in [0.1, 0.15) is 37.7 Å². The quantitative estimate of drug-likeness (QED) is 0.893. The van der Waals surface area contributed by atoms with Crippen LogP contribution in [0.2, 0.25) is 0 Å². The highest BCUT2D eigenvalue weighted by Crippen LogP contribution is 2.26. The van der Waals surface area contributed by atoms with Gasteiger partial charge in [0.25, 0.3) is 0 Å². The van der Waals surface area contributed by atoms with Crippen LogP contribution in [0.5, 0.6) is 0 Å². The van der Waals surface area contributed by atoms with Crippen molar-refractivity contribution in [3.63, 3.8) is 0 Å². The molecular weight excluding hydrogens is 326 g/mol. The van der Waals surface area contributed by atoms with Crippen LogP contribution in [-0.2, 0) is 10.0 Å². The summed E-state index contributed by atoms with van der Waals surface area (Å²) in [6, 6.07) is 5.51. The highest BCUT2D eigenvalue weighted by molar-refractivity contribution is 9.10. The fourth-order valence-electron chi connectivity index (χ4n) is 2.59. The highest BCUT2D eigenvalue weighted by atomic mass is 79.9. The second-order valence-corrected chi connectivity index (χ2v) is 7.97. The van der Waals surface area contributed by atoms with E-state index in [4.69, 9.17) is 0 Å². The van der Waals surface area contributed by atoms with Gasteiger partial charge in [0.15, 0.2) is 0 Å². The van der Waals surface area contributed by atoms with Gasteiger partial charge in [0, 0.05) is 10.2 Å². The van der Waals surface area contributed by atoms with Crippen LogP contribution in [-0.4, -0.2) is 14.2 Å². The Bertz CT molecular complexity index is 536. The number of sulfonamides is 1. The summed E-state index contributed by atoms with van der Waals surface area (Å²) in [7, 11) is -3.23. The van der Waals surface area contributed by atoms with E-state index in [1.807, 2.05) is 19.1 Å². The number of halogens is 1. The van der Waals surface area contributed by atoms with E-state index in [9.17, 15) is 8.42 Å². The highest BCUT2D eigenvalue weighted by Gasteiger charge is 2.21. The molecule has 1 aromatic carbocycles. The van der Waals surface area contributed by atoms with E-state index < -0.39 is 10.0 Å². The molecule has 3 nitrogen and oxygen atoms in total. The molecule has 1 N–H and O–H groups in total. The van der Waals surface area contributed by atoms with Crippen molar-refractivity contribution in [3.8, 4) is 0 Å². The fourth-order valence-corrected chi connectivity index (χ4v) is 4.36. The van der Waals surface area contributed by atoms with Crippen LogP contribution in [0.25, 0.3) is 0 Å². The molecule has 0 saturated heterocycles. The predicted molar refractivity (Wildman–Crippen MR) is 82.9 cm³/mol. The molecule has 0 aliphatic heterocycles. The van der Waals surface area contributed by atoms with Gasteiger partial charge in [-0.25, -0.2) is 8.42 Å². The Morgan fingerprint density at radius 1 is 1.26 bits per heavy atom. The summed E-state index contributed by atoms with van der Waals surface area (Å²) in [5.74, 6) is 0.574. The van der Waals surface area contributed by atoms with Crippen LogP contribution in [0.3, 0.4) is 0 Å². The lowest BCUT2D eigenvalue weighted by molar-refractivity contribution is 0.385. The predicted octanol–water partition coefficient (Wildman–Crippen LogP) is 4.08. The molecule has 1 saturated carbocycles. The van der Waals surface area contributed by atoms with E-state index in [0.717, 1.165) is 35.7 Å². The normalized spacial score (nSPS) is 17.4. The van der Waals surface area contributed by atoms with Crippen molar-refractivity contribution in [2.24, 2.45) is 5.92 Å². The van der Waals surface area contributed by atoms with E-state index in [-0.39, 0.29) is 5.75 Å². The number of hydrogen-bond acceptors (Lipinski definition) is 2.